The minimum absolute atomic E-state index is 0.0214. The Morgan fingerprint density at radius 1 is 1.47 bits per heavy atom. The molecule has 6 heteroatoms. The molecule has 1 N–H and O–H groups in total. The van der Waals surface area contributed by atoms with Crippen molar-refractivity contribution in [1.29, 1.82) is 0 Å². The number of rotatable bonds is 2. The van der Waals surface area contributed by atoms with E-state index < -0.39 is 11.9 Å². The molecule has 1 fully saturated rings. The Balaban J connectivity index is 2.19. The number of carbonyl (C=O) groups excluding carboxylic acids is 1. The van der Waals surface area contributed by atoms with E-state index in [1.54, 1.807) is 6.07 Å². The van der Waals surface area contributed by atoms with Gasteiger partial charge in [0.05, 0.1) is 5.92 Å². The molecular weight excluding hydrogens is 198 g/mol. The summed E-state index contributed by atoms with van der Waals surface area (Å²) < 4.78 is 0. The van der Waals surface area contributed by atoms with Gasteiger partial charge in [0.2, 0.25) is 11.9 Å². The van der Waals surface area contributed by atoms with Crippen LogP contribution < -0.4 is 4.90 Å². The van der Waals surface area contributed by atoms with E-state index in [0.29, 0.717) is 0 Å². The van der Waals surface area contributed by atoms with E-state index in [1.165, 1.54) is 17.3 Å². The molecule has 1 atom stereocenters. The zero-order valence-electron chi connectivity index (χ0n) is 7.83. The highest BCUT2D eigenvalue weighted by Crippen LogP contribution is 2.21. The number of amides is 1. The van der Waals surface area contributed by atoms with Gasteiger partial charge in [-0.05, 0) is 6.07 Å². The van der Waals surface area contributed by atoms with Gasteiger partial charge in [-0.15, -0.1) is 0 Å². The second-order valence-electron chi connectivity index (χ2n) is 3.29. The molecule has 78 valence electrons. The molecular formula is C9H9N3O3. The minimum Gasteiger partial charge on any atom is -0.481 e. The van der Waals surface area contributed by atoms with Gasteiger partial charge in [0.25, 0.3) is 0 Å². The highest BCUT2D eigenvalue weighted by Gasteiger charge is 2.36. The van der Waals surface area contributed by atoms with Crippen molar-refractivity contribution in [2.75, 3.05) is 11.4 Å². The fourth-order valence-corrected chi connectivity index (χ4v) is 1.50. The number of nitrogens with zero attached hydrogens (tertiary/aromatic N) is 3. The largest absolute Gasteiger partial charge is 0.481 e. The SMILES string of the molecule is O=C(O)[C@H]1CC(=O)N(c2ncccn2)C1. The van der Waals surface area contributed by atoms with Crippen molar-refractivity contribution in [2.24, 2.45) is 5.92 Å². The summed E-state index contributed by atoms with van der Waals surface area (Å²) in [6.45, 7) is 0.151. The predicted molar refractivity (Wildman–Crippen MR) is 50.1 cm³/mol. The first-order chi connectivity index (χ1) is 7.18. The Hall–Kier alpha value is -1.98. The Morgan fingerprint density at radius 3 is 2.67 bits per heavy atom. The third-order valence-corrected chi connectivity index (χ3v) is 2.27. The van der Waals surface area contributed by atoms with Crippen LogP contribution >= 0.6 is 0 Å². The summed E-state index contributed by atoms with van der Waals surface area (Å²) in [7, 11) is 0. The zero-order valence-corrected chi connectivity index (χ0v) is 7.83. The summed E-state index contributed by atoms with van der Waals surface area (Å²) in [5.74, 6) is -1.58. The zero-order chi connectivity index (χ0) is 10.8. The molecule has 1 aliphatic rings. The molecule has 0 saturated carbocycles. The summed E-state index contributed by atoms with van der Waals surface area (Å²) >= 11 is 0. The van der Waals surface area contributed by atoms with Crippen molar-refractivity contribution >= 4 is 17.8 Å². The van der Waals surface area contributed by atoms with Gasteiger partial charge < -0.3 is 5.11 Å². The van der Waals surface area contributed by atoms with Crippen LogP contribution in [0.15, 0.2) is 18.5 Å². The Bertz CT molecular complexity index is 393. The smallest absolute Gasteiger partial charge is 0.308 e. The molecule has 6 nitrogen and oxygen atoms in total. The van der Waals surface area contributed by atoms with Crippen LogP contribution in [0.5, 0.6) is 0 Å². The van der Waals surface area contributed by atoms with Crippen molar-refractivity contribution in [2.45, 2.75) is 6.42 Å². The van der Waals surface area contributed by atoms with Crippen molar-refractivity contribution < 1.29 is 14.7 Å². The van der Waals surface area contributed by atoms with E-state index in [9.17, 15) is 9.59 Å². The van der Waals surface area contributed by atoms with Gasteiger partial charge in [0.15, 0.2) is 0 Å². The van der Waals surface area contributed by atoms with Crippen molar-refractivity contribution in [3.8, 4) is 0 Å². The van der Waals surface area contributed by atoms with Gasteiger partial charge in [-0.3, -0.25) is 14.5 Å². The van der Waals surface area contributed by atoms with Crippen molar-refractivity contribution in [3.63, 3.8) is 0 Å². The summed E-state index contributed by atoms with van der Waals surface area (Å²) in [6, 6.07) is 1.64. The van der Waals surface area contributed by atoms with E-state index in [-0.39, 0.29) is 24.8 Å². The van der Waals surface area contributed by atoms with Crippen LogP contribution in [0, 0.1) is 5.92 Å². The molecule has 1 saturated heterocycles. The number of hydrogen-bond acceptors (Lipinski definition) is 4. The van der Waals surface area contributed by atoms with Crippen LogP contribution in [-0.4, -0.2) is 33.5 Å². The lowest BCUT2D eigenvalue weighted by molar-refractivity contribution is -0.141. The van der Waals surface area contributed by atoms with Crippen LogP contribution in [0.2, 0.25) is 0 Å². The average molecular weight is 207 g/mol. The van der Waals surface area contributed by atoms with Crippen molar-refractivity contribution in [3.05, 3.63) is 18.5 Å². The standard InChI is InChI=1S/C9H9N3O3/c13-7-4-6(8(14)15)5-12(7)9-10-2-1-3-11-9/h1-3,6H,4-5H2,(H,14,15)/t6-/m0/s1. The van der Waals surface area contributed by atoms with E-state index in [1.807, 2.05) is 0 Å². The maximum absolute atomic E-state index is 11.5. The number of carboxylic acid groups (broad SMARTS) is 1. The Morgan fingerprint density at radius 2 is 2.13 bits per heavy atom. The van der Waals surface area contributed by atoms with E-state index >= 15 is 0 Å². The lowest BCUT2D eigenvalue weighted by Crippen LogP contribution is -2.27. The lowest BCUT2D eigenvalue weighted by Gasteiger charge is -2.12. The first kappa shape index (κ1) is 9.57. The highest BCUT2D eigenvalue weighted by atomic mass is 16.4. The first-order valence-corrected chi connectivity index (χ1v) is 4.48. The summed E-state index contributed by atoms with van der Waals surface area (Å²) in [5, 5.41) is 8.78. The molecule has 1 aromatic heterocycles. The van der Waals surface area contributed by atoms with Crippen LogP contribution in [0.3, 0.4) is 0 Å². The molecule has 2 heterocycles. The summed E-state index contributed by atoms with van der Waals surface area (Å²) in [4.78, 5) is 31.3. The quantitative estimate of drug-likeness (QED) is 0.732. The number of hydrogen-bond donors (Lipinski definition) is 1. The normalized spacial score (nSPS) is 20.7. The number of carbonyl (C=O) groups is 2. The third kappa shape index (κ3) is 1.78. The number of carboxylic acids is 1. The molecule has 15 heavy (non-hydrogen) atoms. The Labute approximate surface area is 85.6 Å². The first-order valence-electron chi connectivity index (χ1n) is 4.48. The fourth-order valence-electron chi connectivity index (χ4n) is 1.50. The van der Waals surface area contributed by atoms with Gasteiger partial charge in [-0.1, -0.05) is 0 Å². The molecule has 0 bridgehead atoms. The molecule has 2 rings (SSSR count). The van der Waals surface area contributed by atoms with Gasteiger partial charge >= 0.3 is 5.97 Å². The second kappa shape index (κ2) is 3.64. The maximum Gasteiger partial charge on any atom is 0.308 e. The maximum atomic E-state index is 11.5. The minimum atomic E-state index is -0.957. The molecule has 0 spiro atoms. The van der Waals surface area contributed by atoms with Crippen LogP contribution in [0.4, 0.5) is 5.95 Å². The molecule has 0 aliphatic carbocycles. The van der Waals surface area contributed by atoms with E-state index in [2.05, 4.69) is 9.97 Å². The summed E-state index contributed by atoms with van der Waals surface area (Å²) in [5.41, 5.74) is 0. The van der Waals surface area contributed by atoms with E-state index in [0.717, 1.165) is 0 Å². The van der Waals surface area contributed by atoms with Crippen molar-refractivity contribution in [1.82, 2.24) is 9.97 Å². The van der Waals surface area contributed by atoms with E-state index in [4.69, 9.17) is 5.11 Å². The number of anilines is 1. The molecule has 1 amide bonds. The number of aliphatic carboxylic acids is 1. The van der Waals surface area contributed by atoms with Gasteiger partial charge in [0, 0.05) is 25.4 Å². The lowest BCUT2D eigenvalue weighted by atomic mass is 10.1. The molecule has 1 aromatic rings. The Kier molecular flexibility index (Phi) is 2.32. The third-order valence-electron chi connectivity index (χ3n) is 2.27. The topological polar surface area (TPSA) is 83.4 Å². The number of aromatic nitrogens is 2. The highest BCUT2D eigenvalue weighted by molar-refractivity contribution is 5.97. The fraction of sp³-hybridized carbons (Fsp3) is 0.333. The molecule has 0 aromatic carbocycles. The second-order valence-corrected chi connectivity index (χ2v) is 3.29. The summed E-state index contributed by atoms with van der Waals surface area (Å²) in [6.07, 6.45) is 3.06. The molecule has 1 aliphatic heterocycles. The monoisotopic (exact) mass is 207 g/mol. The predicted octanol–water partition coefficient (Wildman–Crippen LogP) is -0.0859. The molecule has 0 unspecified atom stereocenters. The van der Waals surface area contributed by atoms with Crippen LogP contribution in [0.25, 0.3) is 0 Å². The van der Waals surface area contributed by atoms with Gasteiger partial charge in [-0.2, -0.15) is 0 Å². The van der Waals surface area contributed by atoms with Crippen LogP contribution in [0.1, 0.15) is 6.42 Å². The van der Waals surface area contributed by atoms with Crippen LogP contribution in [-0.2, 0) is 9.59 Å². The average Bonchev–Trinajstić information content (AvgIpc) is 2.62. The van der Waals surface area contributed by atoms with Gasteiger partial charge in [0.1, 0.15) is 0 Å². The van der Waals surface area contributed by atoms with Gasteiger partial charge in [-0.25, -0.2) is 9.97 Å². The molecule has 0 radical (unpaired) electrons.